The van der Waals surface area contributed by atoms with Crippen LogP contribution >= 0.6 is 0 Å². The second kappa shape index (κ2) is 6.73. The summed E-state index contributed by atoms with van der Waals surface area (Å²) in [6.45, 7) is 1.60. The highest BCUT2D eigenvalue weighted by Crippen LogP contribution is 2.00. The van der Waals surface area contributed by atoms with Crippen LogP contribution in [-0.2, 0) is 23.7 Å². The lowest BCUT2D eigenvalue weighted by molar-refractivity contribution is -0.151. The largest absolute Gasteiger partial charge is 0.376 e. The molecule has 6 heteroatoms. The van der Waals surface area contributed by atoms with Crippen molar-refractivity contribution in [1.82, 2.24) is 5.32 Å². The van der Waals surface area contributed by atoms with Gasteiger partial charge in [-0.3, -0.25) is 4.79 Å². The summed E-state index contributed by atoms with van der Waals surface area (Å²) in [6.07, 6.45) is -0.952. The molecule has 0 aliphatic carbocycles. The van der Waals surface area contributed by atoms with Gasteiger partial charge < -0.3 is 24.3 Å². The van der Waals surface area contributed by atoms with E-state index < -0.39 is 12.4 Å². The molecule has 1 saturated heterocycles. The minimum Gasteiger partial charge on any atom is -0.376 e. The van der Waals surface area contributed by atoms with Gasteiger partial charge in [-0.15, -0.1) is 0 Å². The first kappa shape index (κ1) is 12.4. The van der Waals surface area contributed by atoms with Crippen molar-refractivity contribution >= 4 is 5.91 Å². The highest BCUT2D eigenvalue weighted by atomic mass is 16.7. The Hall–Kier alpha value is -0.690. The maximum atomic E-state index is 11.5. The maximum Gasteiger partial charge on any atom is 0.251 e. The minimum absolute atomic E-state index is 0.200. The van der Waals surface area contributed by atoms with Gasteiger partial charge >= 0.3 is 0 Å². The monoisotopic (exact) mass is 219 g/mol. The summed E-state index contributed by atoms with van der Waals surface area (Å²) in [6, 6.07) is 0. The fraction of sp³-hybridized carbons (Fsp3) is 0.889. The summed E-state index contributed by atoms with van der Waals surface area (Å²) in [7, 11) is 3.03. The van der Waals surface area contributed by atoms with Gasteiger partial charge in [-0.05, 0) is 0 Å². The molecule has 1 atom stereocenters. The third kappa shape index (κ3) is 4.13. The number of hydrogen-bond acceptors (Lipinski definition) is 5. The van der Waals surface area contributed by atoms with E-state index in [1.54, 1.807) is 0 Å². The quantitative estimate of drug-likeness (QED) is 0.609. The van der Waals surface area contributed by atoms with Crippen LogP contribution in [0.4, 0.5) is 0 Å². The van der Waals surface area contributed by atoms with E-state index in [1.165, 1.54) is 14.2 Å². The first-order chi connectivity index (χ1) is 7.27. The molecule has 0 aromatic rings. The Balaban J connectivity index is 2.22. The van der Waals surface area contributed by atoms with Gasteiger partial charge in [-0.2, -0.15) is 0 Å². The normalized spacial score (nSPS) is 21.7. The molecule has 0 spiro atoms. The lowest BCUT2D eigenvalue weighted by atomic mass is 10.3. The lowest BCUT2D eigenvalue weighted by Crippen LogP contribution is -2.45. The Morgan fingerprint density at radius 3 is 2.73 bits per heavy atom. The fourth-order valence-electron chi connectivity index (χ4n) is 1.20. The third-order valence-electron chi connectivity index (χ3n) is 2.08. The molecule has 1 amide bonds. The third-order valence-corrected chi connectivity index (χ3v) is 2.08. The Morgan fingerprint density at radius 1 is 1.47 bits per heavy atom. The van der Waals surface area contributed by atoms with Gasteiger partial charge in [0.2, 0.25) is 0 Å². The smallest absolute Gasteiger partial charge is 0.251 e. The van der Waals surface area contributed by atoms with E-state index >= 15 is 0 Å². The average Bonchev–Trinajstić information content (AvgIpc) is 2.31. The molecule has 15 heavy (non-hydrogen) atoms. The molecule has 1 aliphatic rings. The number of rotatable bonds is 5. The van der Waals surface area contributed by atoms with E-state index in [4.69, 9.17) is 18.9 Å². The zero-order valence-corrected chi connectivity index (χ0v) is 9.02. The van der Waals surface area contributed by atoms with Crippen molar-refractivity contribution in [3.63, 3.8) is 0 Å². The molecule has 1 fully saturated rings. The van der Waals surface area contributed by atoms with Crippen LogP contribution in [0.1, 0.15) is 0 Å². The van der Waals surface area contributed by atoms with Gasteiger partial charge in [-0.1, -0.05) is 0 Å². The summed E-state index contributed by atoms with van der Waals surface area (Å²) < 4.78 is 20.2. The molecule has 0 aromatic heterocycles. The molecule has 0 bridgehead atoms. The second-order valence-corrected chi connectivity index (χ2v) is 3.08. The number of methoxy groups -OCH3 is 2. The number of nitrogens with one attached hydrogen (secondary N) is 1. The van der Waals surface area contributed by atoms with E-state index in [9.17, 15) is 4.79 Å². The Kier molecular flexibility index (Phi) is 5.56. The van der Waals surface area contributed by atoms with E-state index in [1.807, 2.05) is 0 Å². The summed E-state index contributed by atoms with van der Waals surface area (Å²) in [5.74, 6) is -0.200. The SMILES string of the molecule is COC(CNC(=O)C1COCCO1)OC. The predicted molar refractivity (Wildman–Crippen MR) is 51.4 cm³/mol. The molecular weight excluding hydrogens is 202 g/mol. The van der Waals surface area contributed by atoms with Crippen molar-refractivity contribution < 1.29 is 23.7 Å². The van der Waals surface area contributed by atoms with Crippen LogP contribution in [-0.4, -0.2) is 58.9 Å². The van der Waals surface area contributed by atoms with Crippen LogP contribution < -0.4 is 5.32 Å². The van der Waals surface area contributed by atoms with E-state index in [-0.39, 0.29) is 5.91 Å². The van der Waals surface area contributed by atoms with Gasteiger partial charge in [0.25, 0.3) is 5.91 Å². The van der Waals surface area contributed by atoms with Gasteiger partial charge in [0.05, 0.1) is 26.4 Å². The van der Waals surface area contributed by atoms with Gasteiger partial charge in [0.1, 0.15) is 0 Å². The standard InChI is InChI=1S/C9H17NO5/c1-12-8(13-2)5-10-9(11)7-6-14-3-4-15-7/h7-8H,3-6H2,1-2H3,(H,10,11). The van der Waals surface area contributed by atoms with Gasteiger partial charge in [0, 0.05) is 14.2 Å². The fourth-order valence-corrected chi connectivity index (χ4v) is 1.20. The van der Waals surface area contributed by atoms with Crippen molar-refractivity contribution in [3.05, 3.63) is 0 Å². The molecule has 1 unspecified atom stereocenters. The van der Waals surface area contributed by atoms with Crippen molar-refractivity contribution in [2.24, 2.45) is 0 Å². The molecular formula is C9H17NO5. The minimum atomic E-state index is -0.520. The van der Waals surface area contributed by atoms with Gasteiger partial charge in [0.15, 0.2) is 12.4 Å². The maximum absolute atomic E-state index is 11.5. The molecule has 1 heterocycles. The second-order valence-electron chi connectivity index (χ2n) is 3.08. The lowest BCUT2D eigenvalue weighted by Gasteiger charge is -2.23. The summed E-state index contributed by atoms with van der Waals surface area (Å²) >= 11 is 0. The Morgan fingerprint density at radius 2 is 2.20 bits per heavy atom. The molecule has 1 aliphatic heterocycles. The van der Waals surface area contributed by atoms with Crippen molar-refractivity contribution in [2.45, 2.75) is 12.4 Å². The average molecular weight is 219 g/mol. The highest BCUT2D eigenvalue weighted by molar-refractivity contribution is 5.80. The van der Waals surface area contributed by atoms with Crippen molar-refractivity contribution in [2.75, 3.05) is 40.6 Å². The van der Waals surface area contributed by atoms with Crippen LogP contribution in [0, 0.1) is 0 Å². The van der Waals surface area contributed by atoms with Crippen molar-refractivity contribution in [1.29, 1.82) is 0 Å². The molecule has 6 nitrogen and oxygen atoms in total. The van der Waals surface area contributed by atoms with E-state index in [0.29, 0.717) is 26.4 Å². The Bertz CT molecular complexity index is 189. The number of carbonyl (C=O) groups excluding carboxylic acids is 1. The van der Waals surface area contributed by atoms with Crippen LogP contribution in [0.5, 0.6) is 0 Å². The number of carbonyl (C=O) groups is 1. The van der Waals surface area contributed by atoms with Crippen molar-refractivity contribution in [3.8, 4) is 0 Å². The summed E-state index contributed by atoms with van der Waals surface area (Å²) in [4.78, 5) is 11.5. The van der Waals surface area contributed by atoms with Crippen LogP contribution in [0.15, 0.2) is 0 Å². The molecule has 0 saturated carbocycles. The molecule has 1 N–H and O–H groups in total. The number of hydrogen-bond donors (Lipinski definition) is 1. The molecule has 0 aromatic carbocycles. The van der Waals surface area contributed by atoms with E-state index in [0.717, 1.165) is 0 Å². The van der Waals surface area contributed by atoms with Crippen LogP contribution in [0.3, 0.4) is 0 Å². The predicted octanol–water partition coefficient (Wildman–Crippen LogP) is -0.863. The zero-order chi connectivity index (χ0) is 11.1. The molecule has 88 valence electrons. The number of ether oxygens (including phenoxy) is 4. The first-order valence-electron chi connectivity index (χ1n) is 4.80. The summed E-state index contributed by atoms with van der Waals surface area (Å²) in [5.41, 5.74) is 0. The Labute approximate surface area is 88.8 Å². The number of amides is 1. The van der Waals surface area contributed by atoms with Crippen LogP contribution in [0.2, 0.25) is 0 Å². The highest BCUT2D eigenvalue weighted by Gasteiger charge is 2.22. The van der Waals surface area contributed by atoms with Gasteiger partial charge in [-0.25, -0.2) is 0 Å². The molecule has 0 radical (unpaired) electrons. The summed E-state index contributed by atoms with van der Waals surface area (Å²) in [5, 5.41) is 2.66. The first-order valence-corrected chi connectivity index (χ1v) is 4.80. The van der Waals surface area contributed by atoms with E-state index in [2.05, 4.69) is 5.32 Å². The molecule has 1 rings (SSSR count). The topological polar surface area (TPSA) is 66.0 Å². The van der Waals surface area contributed by atoms with Crippen LogP contribution in [0.25, 0.3) is 0 Å². The zero-order valence-electron chi connectivity index (χ0n) is 9.02.